The number of carboxylic acid groups (broad SMARTS) is 1. The minimum absolute atomic E-state index is 0.120. The summed E-state index contributed by atoms with van der Waals surface area (Å²) in [5, 5.41) is 12.0. The summed E-state index contributed by atoms with van der Waals surface area (Å²) >= 11 is 4.91. The van der Waals surface area contributed by atoms with Crippen LogP contribution >= 0.6 is 27.7 Å². The van der Waals surface area contributed by atoms with Gasteiger partial charge in [-0.05, 0) is 99.0 Å². The van der Waals surface area contributed by atoms with Gasteiger partial charge in [-0.15, -0.1) is 0 Å². The number of rotatable bonds is 7. The largest absolute Gasteiger partial charge is 0.488 e. The molecule has 1 fully saturated rings. The van der Waals surface area contributed by atoms with Crippen molar-refractivity contribution in [3.63, 3.8) is 0 Å². The molecule has 190 valence electrons. The quantitative estimate of drug-likeness (QED) is 0.227. The van der Waals surface area contributed by atoms with Crippen LogP contribution < -0.4 is 4.74 Å². The lowest BCUT2D eigenvalue weighted by Gasteiger charge is -2.12. The monoisotopic (exact) mass is 586 g/mol. The van der Waals surface area contributed by atoms with Crippen LogP contribution in [0.4, 0.5) is 5.69 Å². The highest BCUT2D eigenvalue weighted by molar-refractivity contribution is 9.10. The maximum atomic E-state index is 13.0. The average molecular weight is 587 g/mol. The van der Waals surface area contributed by atoms with Gasteiger partial charge in [-0.25, -0.2) is 9.79 Å². The van der Waals surface area contributed by atoms with Crippen molar-refractivity contribution in [3.8, 4) is 5.75 Å². The standard InChI is InChI=1S/C30H23BrN2O4S/c1-2-33-28(34)27(38-30(33)32-23-13-11-21(12-14-23)29(35)36)17-19-10-15-26(25(31)16-19)37-18-22-8-5-7-20-6-3-4-9-24(20)22/h3-17H,2,18H2,1H3,(H,35,36). The molecule has 0 bridgehead atoms. The van der Waals surface area contributed by atoms with E-state index in [-0.39, 0.29) is 11.5 Å². The lowest BCUT2D eigenvalue weighted by molar-refractivity contribution is -0.122. The number of carbonyl (C=O) groups excluding carboxylic acids is 1. The zero-order valence-electron chi connectivity index (χ0n) is 20.4. The van der Waals surface area contributed by atoms with Crippen LogP contribution in [-0.2, 0) is 11.4 Å². The van der Waals surface area contributed by atoms with Gasteiger partial charge in [0.1, 0.15) is 12.4 Å². The first-order valence-electron chi connectivity index (χ1n) is 12.0. The molecule has 0 radical (unpaired) electrons. The maximum Gasteiger partial charge on any atom is 0.335 e. The highest BCUT2D eigenvalue weighted by Crippen LogP contribution is 2.35. The van der Waals surface area contributed by atoms with E-state index >= 15 is 0 Å². The molecular weight excluding hydrogens is 564 g/mol. The Balaban J connectivity index is 1.33. The molecule has 4 aromatic carbocycles. The number of carboxylic acids is 1. The number of benzene rings is 4. The summed E-state index contributed by atoms with van der Waals surface area (Å²) in [7, 11) is 0. The second-order valence-corrected chi connectivity index (χ2v) is 10.4. The van der Waals surface area contributed by atoms with Crippen LogP contribution in [0.5, 0.6) is 5.75 Å². The van der Waals surface area contributed by atoms with Crippen molar-refractivity contribution in [2.24, 2.45) is 4.99 Å². The van der Waals surface area contributed by atoms with Gasteiger partial charge < -0.3 is 9.84 Å². The van der Waals surface area contributed by atoms with Crippen LogP contribution in [0.3, 0.4) is 0 Å². The summed E-state index contributed by atoms with van der Waals surface area (Å²) in [6, 6.07) is 26.4. The lowest BCUT2D eigenvalue weighted by Crippen LogP contribution is -2.28. The number of aliphatic imine (C=N–C) groups is 1. The van der Waals surface area contributed by atoms with Crippen LogP contribution in [0.25, 0.3) is 16.8 Å². The van der Waals surface area contributed by atoms with E-state index in [1.165, 1.54) is 34.7 Å². The Labute approximate surface area is 232 Å². The molecule has 38 heavy (non-hydrogen) atoms. The number of likely N-dealkylation sites (N-methyl/N-ethyl adjacent to an activating group) is 1. The Hall–Kier alpha value is -3.88. The van der Waals surface area contributed by atoms with Crippen LogP contribution in [-0.4, -0.2) is 33.6 Å². The molecule has 1 heterocycles. The van der Waals surface area contributed by atoms with Crippen molar-refractivity contribution in [2.45, 2.75) is 13.5 Å². The fourth-order valence-electron chi connectivity index (χ4n) is 4.11. The number of hydrogen-bond donors (Lipinski definition) is 1. The van der Waals surface area contributed by atoms with E-state index in [1.807, 2.05) is 49.4 Å². The summed E-state index contributed by atoms with van der Waals surface area (Å²) in [5.74, 6) is -0.398. The third kappa shape index (κ3) is 5.51. The van der Waals surface area contributed by atoms with Crippen LogP contribution in [0, 0.1) is 0 Å². The summed E-state index contributed by atoms with van der Waals surface area (Å²) in [6.45, 7) is 2.80. The van der Waals surface area contributed by atoms with E-state index in [0.29, 0.717) is 34.7 Å². The van der Waals surface area contributed by atoms with Gasteiger partial charge in [0.15, 0.2) is 5.17 Å². The normalized spacial score (nSPS) is 15.5. The fourth-order valence-corrected chi connectivity index (χ4v) is 5.68. The van der Waals surface area contributed by atoms with Gasteiger partial charge in [0.2, 0.25) is 0 Å². The van der Waals surface area contributed by atoms with Crippen molar-refractivity contribution < 1.29 is 19.4 Å². The lowest BCUT2D eigenvalue weighted by atomic mass is 10.1. The molecule has 1 amide bonds. The molecule has 1 aliphatic rings. The third-order valence-electron chi connectivity index (χ3n) is 6.06. The molecule has 6 nitrogen and oxygen atoms in total. The Morgan fingerprint density at radius 2 is 1.82 bits per heavy atom. The summed E-state index contributed by atoms with van der Waals surface area (Å²) in [4.78, 5) is 30.9. The topological polar surface area (TPSA) is 79.2 Å². The molecule has 0 saturated carbocycles. The first-order valence-corrected chi connectivity index (χ1v) is 13.6. The molecule has 0 spiro atoms. The van der Waals surface area contributed by atoms with E-state index in [1.54, 1.807) is 17.0 Å². The van der Waals surface area contributed by atoms with Crippen molar-refractivity contribution in [1.82, 2.24) is 4.90 Å². The zero-order valence-corrected chi connectivity index (χ0v) is 22.8. The molecular formula is C30H23BrN2O4S. The van der Waals surface area contributed by atoms with Gasteiger partial charge in [-0.3, -0.25) is 9.69 Å². The van der Waals surface area contributed by atoms with Gasteiger partial charge in [-0.1, -0.05) is 48.5 Å². The number of amidine groups is 1. The second-order valence-electron chi connectivity index (χ2n) is 8.52. The number of hydrogen-bond acceptors (Lipinski definition) is 5. The number of amides is 1. The Bertz CT molecular complexity index is 1590. The van der Waals surface area contributed by atoms with E-state index in [9.17, 15) is 9.59 Å². The van der Waals surface area contributed by atoms with E-state index in [4.69, 9.17) is 9.84 Å². The van der Waals surface area contributed by atoms with Gasteiger partial charge in [0.25, 0.3) is 5.91 Å². The number of ether oxygens (including phenoxy) is 1. The van der Waals surface area contributed by atoms with E-state index in [2.05, 4.69) is 45.2 Å². The molecule has 8 heteroatoms. The fraction of sp³-hybridized carbons (Fsp3) is 0.100. The highest BCUT2D eigenvalue weighted by Gasteiger charge is 2.32. The first kappa shape index (κ1) is 25.8. The summed E-state index contributed by atoms with van der Waals surface area (Å²) in [6.07, 6.45) is 1.84. The van der Waals surface area contributed by atoms with Gasteiger partial charge in [0, 0.05) is 6.54 Å². The molecule has 0 aliphatic carbocycles. The molecule has 0 aromatic heterocycles. The van der Waals surface area contributed by atoms with E-state index in [0.717, 1.165) is 15.6 Å². The Morgan fingerprint density at radius 3 is 2.55 bits per heavy atom. The van der Waals surface area contributed by atoms with Crippen LogP contribution in [0.15, 0.2) is 99.3 Å². The maximum absolute atomic E-state index is 13.0. The van der Waals surface area contributed by atoms with E-state index < -0.39 is 5.97 Å². The molecule has 1 saturated heterocycles. The number of aromatic carboxylic acids is 1. The van der Waals surface area contributed by atoms with Gasteiger partial charge in [0.05, 0.1) is 20.6 Å². The zero-order chi connectivity index (χ0) is 26.6. The number of fused-ring (bicyclic) bond motifs is 1. The molecule has 1 aliphatic heterocycles. The molecule has 1 N–H and O–H groups in total. The first-order chi connectivity index (χ1) is 18.4. The Morgan fingerprint density at radius 1 is 1.05 bits per heavy atom. The molecule has 5 rings (SSSR count). The number of halogens is 1. The van der Waals surface area contributed by atoms with Crippen molar-refractivity contribution >= 4 is 67.3 Å². The van der Waals surface area contributed by atoms with Gasteiger partial charge in [-0.2, -0.15) is 0 Å². The minimum atomic E-state index is -0.994. The highest BCUT2D eigenvalue weighted by atomic mass is 79.9. The SMILES string of the molecule is CCN1C(=O)C(=Cc2ccc(OCc3cccc4ccccc34)c(Br)c2)SC1=Nc1ccc(C(=O)O)cc1. The second kappa shape index (κ2) is 11.2. The van der Waals surface area contributed by atoms with Crippen molar-refractivity contribution in [2.75, 3.05) is 6.54 Å². The third-order valence-corrected chi connectivity index (χ3v) is 7.69. The molecule has 0 atom stereocenters. The summed E-state index contributed by atoms with van der Waals surface area (Å²) in [5.41, 5.74) is 2.74. The minimum Gasteiger partial charge on any atom is -0.488 e. The van der Waals surface area contributed by atoms with Crippen LogP contribution in [0.2, 0.25) is 0 Å². The van der Waals surface area contributed by atoms with Gasteiger partial charge >= 0.3 is 5.97 Å². The molecule has 4 aromatic rings. The molecule has 0 unspecified atom stereocenters. The smallest absolute Gasteiger partial charge is 0.335 e. The van der Waals surface area contributed by atoms with Crippen LogP contribution in [0.1, 0.15) is 28.4 Å². The Kier molecular flexibility index (Phi) is 7.62. The predicted molar refractivity (Wildman–Crippen MR) is 156 cm³/mol. The number of nitrogens with zero attached hydrogens (tertiary/aromatic N) is 2. The van der Waals surface area contributed by atoms with Crippen molar-refractivity contribution in [1.29, 1.82) is 0 Å². The summed E-state index contributed by atoms with van der Waals surface area (Å²) < 4.78 is 6.91. The predicted octanol–water partition coefficient (Wildman–Crippen LogP) is 7.50. The average Bonchev–Trinajstić information content (AvgIpc) is 3.21. The van der Waals surface area contributed by atoms with Crippen molar-refractivity contribution in [3.05, 3.63) is 111 Å². The number of carbonyl (C=O) groups is 2. The number of thioether (sulfide) groups is 1.